The maximum absolute atomic E-state index is 13.1. The number of fused-ring (bicyclic) bond motifs is 1. The Bertz CT molecular complexity index is 1610. The summed E-state index contributed by atoms with van der Waals surface area (Å²) in [4.78, 5) is 38.9. The molecule has 1 N–H and O–H groups in total. The Balaban J connectivity index is 1.38. The predicted molar refractivity (Wildman–Crippen MR) is 148 cm³/mol. The Kier molecular flexibility index (Phi) is 7.02. The van der Waals surface area contributed by atoms with Crippen LogP contribution in [-0.2, 0) is 16.2 Å². The Morgan fingerprint density at radius 3 is 2.46 bits per heavy atom. The molecule has 1 aliphatic rings. The minimum Gasteiger partial charge on any atom is -0.488 e. The highest BCUT2D eigenvalue weighted by Gasteiger charge is 2.37. The molecule has 0 saturated carbocycles. The fourth-order valence-corrected chi connectivity index (χ4v) is 4.78. The number of hydrogen-bond donors (Lipinski definition) is 1. The quantitative estimate of drug-likeness (QED) is 0.196. The van der Waals surface area contributed by atoms with Crippen LogP contribution in [0.2, 0.25) is 10.0 Å². The average molecular weight is 596 g/mol. The van der Waals surface area contributed by atoms with Gasteiger partial charge in [-0.2, -0.15) is 0 Å². The molecule has 0 radical (unpaired) electrons. The van der Waals surface area contributed by atoms with E-state index >= 15 is 0 Å². The van der Waals surface area contributed by atoms with Crippen molar-refractivity contribution in [2.75, 3.05) is 4.90 Å². The lowest BCUT2D eigenvalue weighted by molar-refractivity contribution is -0.122. The molecule has 5 rings (SSSR count). The van der Waals surface area contributed by atoms with E-state index in [1.165, 1.54) is 24.3 Å². The van der Waals surface area contributed by atoms with Crippen LogP contribution < -0.4 is 15.0 Å². The molecule has 1 aliphatic heterocycles. The number of nitrogens with one attached hydrogen (secondary N) is 1. The summed E-state index contributed by atoms with van der Waals surface area (Å²) < 4.78 is 6.68. The smallest absolute Gasteiger partial charge is 0.335 e. The zero-order valence-electron chi connectivity index (χ0n) is 19.0. The van der Waals surface area contributed by atoms with Crippen molar-refractivity contribution in [2.24, 2.45) is 0 Å². The highest BCUT2D eigenvalue weighted by Crippen LogP contribution is 2.31. The van der Waals surface area contributed by atoms with Crippen LogP contribution in [0, 0.1) is 0 Å². The number of urea groups is 1. The molecule has 0 aliphatic carbocycles. The van der Waals surface area contributed by atoms with E-state index < -0.39 is 17.8 Å². The largest absolute Gasteiger partial charge is 0.488 e. The molecule has 0 unspecified atom stereocenters. The number of rotatable bonds is 5. The first-order valence-corrected chi connectivity index (χ1v) is 12.6. The average Bonchev–Trinajstić information content (AvgIpc) is 2.88. The third-order valence-electron chi connectivity index (χ3n) is 5.79. The summed E-state index contributed by atoms with van der Waals surface area (Å²) in [6, 6.07) is 22.8. The summed E-state index contributed by atoms with van der Waals surface area (Å²) in [7, 11) is 0. The number of halogens is 3. The van der Waals surface area contributed by atoms with Crippen LogP contribution in [0.1, 0.15) is 11.1 Å². The Hall–Kier alpha value is -3.65. The van der Waals surface area contributed by atoms with Crippen molar-refractivity contribution in [2.45, 2.75) is 6.61 Å². The van der Waals surface area contributed by atoms with Gasteiger partial charge in [-0.05, 0) is 74.2 Å². The summed E-state index contributed by atoms with van der Waals surface area (Å²) in [5, 5.41) is 4.88. The van der Waals surface area contributed by atoms with Crippen molar-refractivity contribution in [3.05, 3.63) is 110 Å². The van der Waals surface area contributed by atoms with Gasteiger partial charge in [-0.3, -0.25) is 14.9 Å². The van der Waals surface area contributed by atoms with Crippen LogP contribution in [0.25, 0.3) is 16.8 Å². The molecule has 6 nitrogen and oxygen atoms in total. The first-order chi connectivity index (χ1) is 17.8. The molecule has 4 aromatic carbocycles. The van der Waals surface area contributed by atoms with Crippen LogP contribution in [0.5, 0.6) is 5.75 Å². The second-order valence-corrected chi connectivity index (χ2v) is 9.84. The van der Waals surface area contributed by atoms with Gasteiger partial charge >= 0.3 is 6.03 Å². The molecule has 4 amide bonds. The van der Waals surface area contributed by atoms with Gasteiger partial charge in [0.1, 0.15) is 17.9 Å². The first-order valence-electron chi connectivity index (χ1n) is 11.1. The van der Waals surface area contributed by atoms with Crippen LogP contribution >= 0.6 is 39.1 Å². The van der Waals surface area contributed by atoms with Crippen molar-refractivity contribution in [3.63, 3.8) is 0 Å². The van der Waals surface area contributed by atoms with Crippen molar-refractivity contribution in [3.8, 4) is 5.75 Å². The maximum atomic E-state index is 13.1. The number of anilines is 1. The van der Waals surface area contributed by atoms with E-state index in [1.54, 1.807) is 18.2 Å². The van der Waals surface area contributed by atoms with Gasteiger partial charge in [-0.25, -0.2) is 9.69 Å². The van der Waals surface area contributed by atoms with Gasteiger partial charge in [0.15, 0.2) is 0 Å². The highest BCUT2D eigenvalue weighted by atomic mass is 79.9. The Labute approximate surface area is 230 Å². The van der Waals surface area contributed by atoms with E-state index in [2.05, 4.69) is 39.4 Å². The van der Waals surface area contributed by atoms with Crippen molar-refractivity contribution < 1.29 is 19.1 Å². The topological polar surface area (TPSA) is 75.7 Å². The number of hydrogen-bond acceptors (Lipinski definition) is 4. The molecule has 1 fully saturated rings. The van der Waals surface area contributed by atoms with E-state index in [-0.39, 0.29) is 21.3 Å². The minimum absolute atomic E-state index is 0.171. The fraction of sp³-hybridized carbons (Fsp3) is 0.0357. The van der Waals surface area contributed by atoms with Crippen molar-refractivity contribution >= 4 is 79.5 Å². The molecule has 0 aromatic heterocycles. The lowest BCUT2D eigenvalue weighted by atomic mass is 10.1. The number of nitrogens with zero attached hydrogens (tertiary/aromatic N) is 1. The summed E-state index contributed by atoms with van der Waals surface area (Å²) in [5.74, 6) is -0.972. The van der Waals surface area contributed by atoms with E-state index in [1.807, 2.05) is 24.3 Å². The number of ether oxygens (including phenoxy) is 1. The van der Waals surface area contributed by atoms with Gasteiger partial charge < -0.3 is 4.74 Å². The Morgan fingerprint density at radius 2 is 1.68 bits per heavy atom. The molecule has 1 saturated heterocycles. The number of imide groups is 2. The zero-order chi connectivity index (χ0) is 26.1. The standard InChI is InChI=1S/C28H17BrCl2N2O4/c29-22-13-16(8-11-25(22)37-15-18-6-3-5-17-4-1-2-7-20(17)18)12-21-26(34)32-28(36)33(27(21)35)19-9-10-23(30)24(31)14-19/h1-14H,15H2,(H,32,34,36)/b21-12+. The molecule has 0 spiro atoms. The zero-order valence-corrected chi connectivity index (χ0v) is 22.1. The van der Waals surface area contributed by atoms with Gasteiger partial charge in [-0.15, -0.1) is 0 Å². The lowest BCUT2D eigenvalue weighted by Gasteiger charge is -2.26. The summed E-state index contributed by atoms with van der Waals surface area (Å²) in [6.45, 7) is 0.363. The molecule has 4 aromatic rings. The number of benzene rings is 4. The Morgan fingerprint density at radius 1 is 0.892 bits per heavy atom. The number of amides is 4. The van der Waals surface area contributed by atoms with E-state index in [0.29, 0.717) is 22.4 Å². The molecule has 9 heteroatoms. The molecule has 0 atom stereocenters. The monoisotopic (exact) mass is 594 g/mol. The third kappa shape index (κ3) is 5.11. The SMILES string of the molecule is O=C1NC(=O)N(c2ccc(Cl)c(Cl)c2)C(=O)/C1=C/c1ccc(OCc2cccc3ccccc23)c(Br)c1. The molecular weight excluding hydrogens is 579 g/mol. The normalized spacial score (nSPS) is 14.8. The van der Waals surface area contributed by atoms with E-state index in [4.69, 9.17) is 27.9 Å². The molecule has 1 heterocycles. The third-order valence-corrected chi connectivity index (χ3v) is 7.15. The van der Waals surface area contributed by atoms with Crippen molar-refractivity contribution in [1.29, 1.82) is 0 Å². The number of carbonyl (C=O) groups excluding carboxylic acids is 3. The van der Waals surface area contributed by atoms with Crippen LogP contribution in [0.4, 0.5) is 10.5 Å². The summed E-state index contributed by atoms with van der Waals surface area (Å²) in [5.41, 5.74) is 1.59. The summed E-state index contributed by atoms with van der Waals surface area (Å²) >= 11 is 15.5. The van der Waals surface area contributed by atoms with Gasteiger partial charge in [0.05, 0.1) is 20.2 Å². The second-order valence-electron chi connectivity index (χ2n) is 8.17. The molecule has 0 bridgehead atoms. The van der Waals surface area contributed by atoms with Gasteiger partial charge in [0, 0.05) is 0 Å². The van der Waals surface area contributed by atoms with Gasteiger partial charge in [-0.1, -0.05) is 71.7 Å². The second kappa shape index (κ2) is 10.4. The van der Waals surface area contributed by atoms with Crippen LogP contribution in [-0.4, -0.2) is 17.8 Å². The minimum atomic E-state index is -0.871. The summed E-state index contributed by atoms with van der Waals surface area (Å²) in [6.07, 6.45) is 1.41. The lowest BCUT2D eigenvalue weighted by Crippen LogP contribution is -2.54. The molecular formula is C28H17BrCl2N2O4. The molecule has 37 heavy (non-hydrogen) atoms. The van der Waals surface area contributed by atoms with Gasteiger partial charge in [0.2, 0.25) is 0 Å². The molecule has 184 valence electrons. The van der Waals surface area contributed by atoms with E-state index in [9.17, 15) is 14.4 Å². The maximum Gasteiger partial charge on any atom is 0.335 e. The van der Waals surface area contributed by atoms with Crippen LogP contribution in [0.15, 0.2) is 88.9 Å². The van der Waals surface area contributed by atoms with Gasteiger partial charge in [0.25, 0.3) is 11.8 Å². The number of carbonyl (C=O) groups is 3. The van der Waals surface area contributed by atoms with E-state index in [0.717, 1.165) is 21.2 Å². The first kappa shape index (κ1) is 25.0. The predicted octanol–water partition coefficient (Wildman–Crippen LogP) is 7.15. The highest BCUT2D eigenvalue weighted by molar-refractivity contribution is 9.10. The number of barbiturate groups is 1. The fourth-order valence-electron chi connectivity index (χ4n) is 3.98. The van der Waals surface area contributed by atoms with Crippen LogP contribution in [0.3, 0.4) is 0 Å². The van der Waals surface area contributed by atoms with Crippen molar-refractivity contribution in [1.82, 2.24) is 5.32 Å².